The predicted octanol–water partition coefficient (Wildman–Crippen LogP) is 14.1. The second-order valence-corrected chi connectivity index (χ2v) is 29.1. The first-order valence-electron chi connectivity index (χ1n) is 32.1. The first-order valence-corrected chi connectivity index (χ1v) is 34.6. The van der Waals surface area contributed by atoms with E-state index in [1.807, 2.05) is 50.2 Å². The molecule has 5 aromatic carbocycles. The number of aryl methyl sites for hydroxylation is 2. The van der Waals surface area contributed by atoms with E-state index in [0.29, 0.717) is 80.5 Å². The molecule has 6 aromatic heterocycles. The fourth-order valence-corrected chi connectivity index (χ4v) is 11.3. The number of halogens is 3. The number of nitrogens with zero attached hydrogens (tertiary/aromatic N) is 13. The largest absolute Gasteiger partial charge is 0.488 e. The number of aliphatic hydroxyl groups is 3. The van der Waals surface area contributed by atoms with E-state index in [2.05, 4.69) is 75.1 Å². The van der Waals surface area contributed by atoms with Gasteiger partial charge in [0.25, 0.3) is 17.9 Å². The highest BCUT2D eigenvalue weighted by atomic mass is 79.9. The molecule has 0 amide bonds. The van der Waals surface area contributed by atoms with Gasteiger partial charge in [-0.15, -0.1) is 22.7 Å². The van der Waals surface area contributed by atoms with Gasteiger partial charge in [-0.1, -0.05) is 40.2 Å². The Kier molecular flexibility index (Phi) is 30.8. The maximum absolute atomic E-state index is 14.2. The lowest BCUT2D eigenvalue weighted by atomic mass is 10.1. The summed E-state index contributed by atoms with van der Waals surface area (Å²) in [6.07, 6.45) is 4.85. The molecule has 0 radical (unpaired) electrons. The van der Waals surface area contributed by atoms with Crippen LogP contribution in [0.5, 0.6) is 34.5 Å². The van der Waals surface area contributed by atoms with Gasteiger partial charge in [0, 0.05) is 80.2 Å². The molecule has 11 aromatic rings. The Bertz CT molecular complexity index is 4800. The van der Waals surface area contributed by atoms with Gasteiger partial charge in [-0.3, -0.25) is 19.1 Å². The van der Waals surface area contributed by atoms with Crippen LogP contribution < -0.4 is 42.3 Å². The lowest BCUT2D eigenvalue weighted by Gasteiger charge is -2.17. The van der Waals surface area contributed by atoms with E-state index in [1.54, 1.807) is 126 Å². The molecule has 0 fully saturated rings. The number of rotatable bonds is 24. The number of hydrogen-bond donors (Lipinski definition) is 8. The number of nitrogen functional groups attached to an aromatic ring is 3. The number of carboxylic acid groups (broad SMARTS) is 1. The molecule has 11 rings (SSSR count). The van der Waals surface area contributed by atoms with Gasteiger partial charge in [0.1, 0.15) is 100 Å². The Balaban J connectivity index is 0.000000236. The molecular formula is C73H86BrF2N17O12S2. The maximum atomic E-state index is 14.2. The molecule has 0 bridgehead atoms. The average molecular weight is 1580 g/mol. The summed E-state index contributed by atoms with van der Waals surface area (Å²) in [5.74, 6) is 1.29. The number of aliphatic carboxylic acids is 1. The van der Waals surface area contributed by atoms with Crippen LogP contribution >= 0.6 is 38.6 Å². The number of hydrogen-bond acceptors (Lipinski definition) is 25. The van der Waals surface area contributed by atoms with Crippen LogP contribution in [0.25, 0.3) is 54.5 Å². The van der Waals surface area contributed by atoms with Gasteiger partial charge >= 0.3 is 5.97 Å². The molecule has 0 unspecified atom stereocenters. The highest BCUT2D eigenvalue weighted by Crippen LogP contribution is 2.40. The Labute approximate surface area is 634 Å². The van der Waals surface area contributed by atoms with Crippen molar-refractivity contribution in [1.29, 1.82) is 0 Å². The van der Waals surface area contributed by atoms with Gasteiger partial charge in [-0.05, 0) is 129 Å². The minimum Gasteiger partial charge on any atom is -0.488 e. The molecule has 29 nitrogen and oxygen atoms in total. The monoisotopic (exact) mass is 1570 g/mol. The fraction of sp³-hybridized carbons (Fsp3) is 0.315. The summed E-state index contributed by atoms with van der Waals surface area (Å²) in [7, 11) is 7.97. The van der Waals surface area contributed by atoms with Gasteiger partial charge in [-0.2, -0.15) is 15.3 Å². The number of aromatic nitrogens is 10. The summed E-state index contributed by atoms with van der Waals surface area (Å²) in [4.78, 5) is 37.0. The van der Waals surface area contributed by atoms with Crippen LogP contribution in [0.2, 0.25) is 0 Å². The smallest absolute Gasteiger partial charge is 0.317 e. The van der Waals surface area contributed by atoms with E-state index < -0.39 is 40.9 Å². The summed E-state index contributed by atoms with van der Waals surface area (Å²) < 4.78 is 70.8. The van der Waals surface area contributed by atoms with Crippen molar-refractivity contribution in [3.63, 3.8) is 0 Å². The third-order valence-corrected chi connectivity index (χ3v) is 16.3. The van der Waals surface area contributed by atoms with Crippen molar-refractivity contribution in [2.75, 3.05) is 59.2 Å². The van der Waals surface area contributed by atoms with Crippen molar-refractivity contribution in [2.24, 2.45) is 0 Å². The zero-order valence-electron chi connectivity index (χ0n) is 61.2. The molecule has 568 valence electrons. The Morgan fingerprint density at radius 2 is 0.953 bits per heavy atom. The lowest BCUT2D eigenvalue weighted by Crippen LogP contribution is -2.27. The van der Waals surface area contributed by atoms with Crippen LogP contribution in [0.4, 0.5) is 37.6 Å². The third-order valence-electron chi connectivity index (χ3n) is 14.0. The second-order valence-electron chi connectivity index (χ2n) is 25.5. The first-order chi connectivity index (χ1) is 50.0. The quantitative estimate of drug-likeness (QED) is 0.0206. The minimum atomic E-state index is -1.04. The molecule has 107 heavy (non-hydrogen) atoms. The molecule has 0 aliphatic heterocycles. The third kappa shape index (κ3) is 26.1. The number of likely N-dealkylation sites (N-methyl/N-ethyl adjacent to an activating group) is 1. The van der Waals surface area contributed by atoms with Gasteiger partial charge in [-0.25, -0.2) is 43.1 Å². The van der Waals surface area contributed by atoms with Crippen LogP contribution in [-0.4, -0.2) is 146 Å². The summed E-state index contributed by atoms with van der Waals surface area (Å²) in [5.41, 5.74) is 20.0. The summed E-state index contributed by atoms with van der Waals surface area (Å²) in [6, 6.07) is 29.9. The van der Waals surface area contributed by atoms with Crippen LogP contribution in [0, 0.1) is 38.6 Å². The minimum absolute atomic E-state index is 0. The van der Waals surface area contributed by atoms with Crippen molar-refractivity contribution in [3.8, 4) is 68.3 Å². The van der Waals surface area contributed by atoms with Gasteiger partial charge in [0.15, 0.2) is 5.65 Å². The molecule has 0 saturated carbocycles. The lowest BCUT2D eigenvalue weighted by molar-refractivity contribution is -0.252. The van der Waals surface area contributed by atoms with Crippen molar-refractivity contribution < 1.29 is 67.2 Å². The summed E-state index contributed by atoms with van der Waals surface area (Å²) in [5, 5.41) is 54.2. The van der Waals surface area contributed by atoms with E-state index in [0.717, 1.165) is 35.4 Å². The number of thiazole rings is 2. The molecule has 0 saturated heterocycles. The number of fused-ring (bicyclic) bond motifs is 1. The normalized spacial score (nSPS) is 11.2. The molecule has 13 N–H and O–H groups in total. The molecule has 34 heteroatoms. The fourth-order valence-electron chi connectivity index (χ4n) is 9.64. The van der Waals surface area contributed by atoms with E-state index >= 15 is 0 Å². The molecule has 0 atom stereocenters. The van der Waals surface area contributed by atoms with Crippen LogP contribution in [0.1, 0.15) is 61.3 Å². The number of benzene rings is 5. The van der Waals surface area contributed by atoms with Crippen molar-refractivity contribution in [3.05, 3.63) is 187 Å². The number of methoxy groups -OCH3 is 3. The Hall–Kier alpha value is -10.6. The summed E-state index contributed by atoms with van der Waals surface area (Å²) >= 11 is 6.41. The Morgan fingerprint density at radius 3 is 1.29 bits per heavy atom. The number of ether oxygens (including phenoxy) is 7. The number of carboxylic acids is 1. The van der Waals surface area contributed by atoms with Gasteiger partial charge < -0.3 is 76.9 Å². The highest BCUT2D eigenvalue weighted by molar-refractivity contribution is 9.10. The van der Waals surface area contributed by atoms with Gasteiger partial charge in [0.05, 0.1) is 81.3 Å². The van der Waals surface area contributed by atoms with E-state index in [4.69, 9.17) is 54.4 Å². The molecule has 0 spiro atoms. The second kappa shape index (κ2) is 38.6. The highest BCUT2D eigenvalue weighted by Gasteiger charge is 2.26. The standard InChI is InChI=1S/C26H25FN6O3S.C25H24FN5O3S.C14H15BrN4O.C4H9NO2.C4H10O3.H3N/c1-15-29-11-21(37-15)12-35-19-8-17(27)9-20(10-19)36-18-6-4-16(5-7-18)23-22-24(28)30-14-31-25(22)33(32-23)13-26(2,3)34;1-15-29-12-21(35-15)13-33-19-9-17(26)10-20(11-19)34-18-7-5-16(6-8-18)22-23(28-4)24(27)31(30-22)14-25(2,3)32;1-14(2,20)8-19-13(16)12(17-3)11(18-19)9-4-6-10(15)7-5-9;1-5(2)3-4(6)7;1-5-4(6-2)7-3;/h4-11,14,34H,12-13H2,1-3H3,(H2,28,30,31);5-12,32H,13-14,27H2,1-3H3;4-7,20H,8,16H2,1-2H3;3H2,1-2H3,(H,6,7);4H,1-3H3;1H3. The SMILES string of the molecule is CN(C)CC(=O)O.COC(OC)OC.Cc1ncc(COc2cc(F)cc(Oc3ccc(-c4nn(CC(C)(C)O)c5ncnc(N)c45)cc3)c2)s1.N.[C-]#[N+]c1c(-c2ccc(Br)cc2)nn(CC(C)(C)O)c1N.[C-]#[N+]c1c(-c2ccc(Oc3cc(F)cc(OCc4cnc(C)s4)c3)cc2)nn(CC(C)(C)O)c1N. The van der Waals surface area contributed by atoms with E-state index in [9.17, 15) is 28.9 Å². The number of carbonyl (C=O) groups is 1. The number of anilines is 3. The van der Waals surface area contributed by atoms with E-state index in [-0.39, 0.29) is 62.0 Å². The van der Waals surface area contributed by atoms with Crippen LogP contribution in [0.3, 0.4) is 0 Å². The van der Waals surface area contributed by atoms with Crippen molar-refractivity contribution >= 4 is 84.4 Å². The summed E-state index contributed by atoms with van der Waals surface area (Å²) in [6.45, 7) is 29.4. The van der Waals surface area contributed by atoms with Crippen LogP contribution in [-0.2, 0) is 51.9 Å². The van der Waals surface area contributed by atoms with Crippen molar-refractivity contribution in [2.45, 2.75) is 112 Å². The number of nitrogens with two attached hydrogens (primary N) is 3. The molecule has 6 heterocycles. The zero-order valence-corrected chi connectivity index (χ0v) is 64.4. The molecule has 0 aliphatic carbocycles. The Morgan fingerprint density at radius 1 is 0.579 bits per heavy atom. The molecule has 0 aliphatic rings. The van der Waals surface area contributed by atoms with Crippen molar-refractivity contribution in [1.82, 2.24) is 60.3 Å². The molecular weight excluding hydrogens is 1490 g/mol. The van der Waals surface area contributed by atoms with Gasteiger partial charge in [0.2, 0.25) is 0 Å². The van der Waals surface area contributed by atoms with Crippen LogP contribution in [0.15, 0.2) is 132 Å². The zero-order chi connectivity index (χ0) is 77.8. The average Bonchev–Trinajstić information content (AvgIpc) is 1.62. The van der Waals surface area contributed by atoms with E-state index in [1.165, 1.54) is 84.0 Å². The maximum Gasteiger partial charge on any atom is 0.317 e. The first kappa shape index (κ1) is 85.3. The topological polar surface area (TPSA) is 393 Å². The predicted molar refractivity (Wildman–Crippen MR) is 410 cm³/mol.